The molecule has 4 rings (SSSR count). The number of nitrogens with zero attached hydrogens (tertiary/aromatic N) is 1. The molecule has 0 radical (unpaired) electrons. The maximum Gasteiger partial charge on any atom is 0.324 e. The van der Waals surface area contributed by atoms with Crippen molar-refractivity contribution in [2.24, 2.45) is 0 Å². The summed E-state index contributed by atoms with van der Waals surface area (Å²) in [6, 6.07) is 8.04. The van der Waals surface area contributed by atoms with Gasteiger partial charge in [-0.25, -0.2) is 4.79 Å². The molecule has 3 amide bonds. The Hall–Kier alpha value is -3.11. The van der Waals surface area contributed by atoms with Crippen molar-refractivity contribution in [1.82, 2.24) is 4.90 Å². The van der Waals surface area contributed by atoms with Gasteiger partial charge in [-0.05, 0) is 48.6 Å². The van der Waals surface area contributed by atoms with Crippen molar-refractivity contribution in [2.45, 2.75) is 37.5 Å². The van der Waals surface area contributed by atoms with Crippen molar-refractivity contribution in [1.29, 1.82) is 0 Å². The number of esters is 1. The van der Waals surface area contributed by atoms with Crippen molar-refractivity contribution < 1.29 is 28.6 Å². The Morgan fingerprint density at radius 2 is 2.09 bits per heavy atom. The zero-order chi connectivity index (χ0) is 22.7. The Bertz CT molecular complexity index is 996. The van der Waals surface area contributed by atoms with E-state index >= 15 is 0 Å². The van der Waals surface area contributed by atoms with E-state index in [1.807, 2.05) is 11.4 Å². The fraction of sp³-hybridized carbons (Fsp3) is 0.409. The summed E-state index contributed by atoms with van der Waals surface area (Å²) in [6.45, 7) is 0.249. The van der Waals surface area contributed by atoms with E-state index in [0.717, 1.165) is 5.00 Å². The fourth-order valence-electron chi connectivity index (χ4n) is 4.00. The highest BCUT2D eigenvalue weighted by Gasteiger charge is 2.39. The second kappa shape index (κ2) is 9.58. The summed E-state index contributed by atoms with van der Waals surface area (Å²) >= 11 is 1.42. The Morgan fingerprint density at radius 3 is 2.84 bits per heavy atom. The molecular formula is C22H25N3O6S. The molecule has 1 aromatic carbocycles. The van der Waals surface area contributed by atoms with E-state index in [2.05, 4.69) is 10.6 Å². The summed E-state index contributed by atoms with van der Waals surface area (Å²) < 4.78 is 16.7. The lowest BCUT2D eigenvalue weighted by Crippen LogP contribution is -2.53. The number of urea groups is 1. The topological polar surface area (TPSA) is 106 Å². The number of carbonyl (C=O) groups excluding carboxylic acids is 3. The number of nitrogens with one attached hydrogen (secondary N) is 2. The van der Waals surface area contributed by atoms with Crippen molar-refractivity contribution in [3.05, 3.63) is 41.3 Å². The summed E-state index contributed by atoms with van der Waals surface area (Å²) in [5.41, 5.74) is 0.856. The summed E-state index contributed by atoms with van der Waals surface area (Å²) in [5, 5.41) is 8.09. The average molecular weight is 460 g/mol. The minimum absolute atomic E-state index is 0.177. The van der Waals surface area contributed by atoms with Gasteiger partial charge in [-0.3, -0.25) is 14.9 Å². The molecular weight excluding hydrogens is 434 g/mol. The standard InChI is InChI=1S/C22H25N3O6S/c1-25-16-7-6-14(11-20(26)29-2)31-18(16)12-30-17-8-5-13(10-15(17)21(25)27)23-22(28)24-19-4-3-9-32-19/h3-5,8-10,14,16,18H,6-7,11-12H2,1-2H3,(H2,23,24,28)/t14-,16+,18-/m1/s1. The molecule has 0 bridgehead atoms. The number of benzene rings is 1. The Balaban J connectivity index is 1.48. The predicted octanol–water partition coefficient (Wildman–Crippen LogP) is 3.34. The van der Waals surface area contributed by atoms with Crippen molar-refractivity contribution >= 4 is 39.9 Å². The van der Waals surface area contributed by atoms with E-state index < -0.39 is 6.03 Å². The van der Waals surface area contributed by atoms with Crippen LogP contribution < -0.4 is 15.4 Å². The van der Waals surface area contributed by atoms with Crippen molar-refractivity contribution in [3.63, 3.8) is 0 Å². The first-order valence-electron chi connectivity index (χ1n) is 10.3. The monoisotopic (exact) mass is 459 g/mol. The number of carbonyl (C=O) groups is 3. The second-order valence-corrected chi connectivity index (χ2v) is 8.66. The van der Waals surface area contributed by atoms with Gasteiger partial charge in [0, 0.05) is 12.7 Å². The van der Waals surface area contributed by atoms with Crippen LogP contribution in [0.3, 0.4) is 0 Å². The van der Waals surface area contributed by atoms with Gasteiger partial charge in [-0.2, -0.15) is 0 Å². The van der Waals surface area contributed by atoms with Crippen LogP contribution in [0, 0.1) is 0 Å². The highest BCUT2D eigenvalue weighted by atomic mass is 32.1. The van der Waals surface area contributed by atoms with Gasteiger partial charge in [0.25, 0.3) is 5.91 Å². The number of fused-ring (bicyclic) bond motifs is 2. The lowest BCUT2D eigenvalue weighted by atomic mass is 9.94. The van der Waals surface area contributed by atoms with Crippen LogP contribution in [-0.4, -0.2) is 61.8 Å². The van der Waals surface area contributed by atoms with Crippen LogP contribution in [0.15, 0.2) is 35.7 Å². The molecule has 2 aromatic rings. The van der Waals surface area contributed by atoms with Gasteiger partial charge in [0.2, 0.25) is 0 Å². The molecule has 2 aliphatic rings. The van der Waals surface area contributed by atoms with Gasteiger partial charge in [0.15, 0.2) is 0 Å². The number of rotatable bonds is 4. The normalized spacial score (nSPS) is 22.5. The molecule has 0 spiro atoms. The number of methoxy groups -OCH3 is 1. The quantitative estimate of drug-likeness (QED) is 0.680. The van der Waals surface area contributed by atoms with Crippen LogP contribution in [0.1, 0.15) is 29.6 Å². The number of hydrogen-bond donors (Lipinski definition) is 2. The number of amides is 3. The Labute approximate surface area is 189 Å². The molecule has 0 saturated carbocycles. The summed E-state index contributed by atoms with van der Waals surface area (Å²) in [6.07, 6.45) is 0.897. The van der Waals surface area contributed by atoms with Crippen LogP contribution in [0.4, 0.5) is 15.5 Å². The number of thiophene rings is 1. The fourth-order valence-corrected chi connectivity index (χ4v) is 4.61. The molecule has 0 aliphatic carbocycles. The largest absolute Gasteiger partial charge is 0.490 e. The molecule has 2 N–H and O–H groups in total. The molecule has 0 unspecified atom stereocenters. The Kier molecular flexibility index (Phi) is 6.61. The van der Waals surface area contributed by atoms with Crippen LogP contribution in [0.5, 0.6) is 5.75 Å². The van der Waals surface area contributed by atoms with E-state index in [1.54, 1.807) is 36.2 Å². The number of likely N-dealkylation sites (N-methyl/N-ethyl adjacent to an activating group) is 1. The third-order valence-corrected chi connectivity index (χ3v) is 6.43. The summed E-state index contributed by atoms with van der Waals surface area (Å²) in [4.78, 5) is 38.7. The van der Waals surface area contributed by atoms with Gasteiger partial charge in [0.05, 0.1) is 36.2 Å². The SMILES string of the molecule is COC(=O)C[C@H]1CC[C@H]2[C@@H](COc3ccc(NC(=O)Nc4cccs4)cc3C(=O)N2C)O1. The third-order valence-electron chi connectivity index (χ3n) is 5.65. The first-order valence-corrected chi connectivity index (χ1v) is 11.2. The number of hydrogen-bond acceptors (Lipinski definition) is 7. The molecule has 10 heteroatoms. The zero-order valence-corrected chi connectivity index (χ0v) is 18.6. The van der Waals surface area contributed by atoms with Gasteiger partial charge < -0.3 is 24.4 Å². The number of anilines is 2. The molecule has 1 saturated heterocycles. The lowest BCUT2D eigenvalue weighted by molar-refractivity contribution is -0.151. The average Bonchev–Trinajstić information content (AvgIpc) is 3.29. The van der Waals surface area contributed by atoms with E-state index in [0.29, 0.717) is 29.8 Å². The molecule has 1 aromatic heterocycles. The number of ether oxygens (including phenoxy) is 3. The molecule has 32 heavy (non-hydrogen) atoms. The molecule has 3 atom stereocenters. The smallest absolute Gasteiger partial charge is 0.324 e. The van der Waals surface area contributed by atoms with Crippen LogP contribution in [0.2, 0.25) is 0 Å². The molecule has 2 aliphatic heterocycles. The molecule has 1 fully saturated rings. The first kappa shape index (κ1) is 22.1. The summed E-state index contributed by atoms with van der Waals surface area (Å²) in [7, 11) is 3.09. The first-order chi connectivity index (χ1) is 15.4. The Morgan fingerprint density at radius 1 is 1.25 bits per heavy atom. The van der Waals surface area contributed by atoms with E-state index in [-0.39, 0.29) is 43.2 Å². The van der Waals surface area contributed by atoms with Gasteiger partial charge >= 0.3 is 12.0 Å². The van der Waals surface area contributed by atoms with Crippen molar-refractivity contribution in [3.8, 4) is 5.75 Å². The summed E-state index contributed by atoms with van der Waals surface area (Å²) in [5.74, 6) is -0.117. The van der Waals surface area contributed by atoms with Crippen molar-refractivity contribution in [2.75, 3.05) is 31.4 Å². The van der Waals surface area contributed by atoms with E-state index in [4.69, 9.17) is 14.2 Å². The minimum atomic E-state index is -0.391. The van der Waals surface area contributed by atoms with Gasteiger partial charge in [-0.1, -0.05) is 0 Å². The maximum absolute atomic E-state index is 13.2. The van der Waals surface area contributed by atoms with Crippen LogP contribution in [0.25, 0.3) is 0 Å². The molecule has 9 nitrogen and oxygen atoms in total. The third kappa shape index (κ3) is 4.86. The lowest BCUT2D eigenvalue weighted by Gasteiger charge is -2.42. The van der Waals surface area contributed by atoms with Gasteiger partial charge in [-0.15, -0.1) is 11.3 Å². The zero-order valence-electron chi connectivity index (χ0n) is 17.8. The molecule has 3 heterocycles. The van der Waals surface area contributed by atoms with Gasteiger partial charge in [0.1, 0.15) is 18.5 Å². The highest BCUT2D eigenvalue weighted by Crippen LogP contribution is 2.32. The maximum atomic E-state index is 13.2. The predicted molar refractivity (Wildman–Crippen MR) is 119 cm³/mol. The molecule has 170 valence electrons. The highest BCUT2D eigenvalue weighted by molar-refractivity contribution is 7.14. The minimum Gasteiger partial charge on any atom is -0.490 e. The second-order valence-electron chi connectivity index (χ2n) is 7.72. The van der Waals surface area contributed by atoms with E-state index in [9.17, 15) is 14.4 Å². The van der Waals surface area contributed by atoms with E-state index in [1.165, 1.54) is 18.4 Å². The van der Waals surface area contributed by atoms with Crippen LogP contribution >= 0.6 is 11.3 Å². The van der Waals surface area contributed by atoms with Crippen LogP contribution in [-0.2, 0) is 14.3 Å².